The average molecular weight is 1080 g/mol. The molecule has 2 saturated heterocycles. The molecule has 2 aliphatic heterocycles. The minimum atomic E-state index is -0.981. The molecule has 5 rings (SSSR count). The Bertz CT molecular complexity index is 2490. The van der Waals surface area contributed by atoms with E-state index in [0.717, 1.165) is 21.7 Å². The van der Waals surface area contributed by atoms with Crippen molar-refractivity contribution in [2.45, 2.75) is 188 Å². The summed E-state index contributed by atoms with van der Waals surface area (Å²) in [4.78, 5) is 102. The number of hydrogen-bond acceptors (Lipinski definition) is 12. The van der Waals surface area contributed by atoms with Crippen molar-refractivity contribution in [2.24, 2.45) is 17.1 Å². The van der Waals surface area contributed by atoms with Gasteiger partial charge in [0.2, 0.25) is 35.4 Å². The van der Waals surface area contributed by atoms with Crippen LogP contribution in [0.25, 0.3) is 10.4 Å². The van der Waals surface area contributed by atoms with E-state index in [0.29, 0.717) is 57.1 Å². The number of thiazole rings is 1. The summed E-state index contributed by atoms with van der Waals surface area (Å²) in [5, 5.41) is 22.2. The molecule has 418 valence electrons. The van der Waals surface area contributed by atoms with E-state index in [2.05, 4.69) is 26.3 Å². The fourth-order valence-corrected chi connectivity index (χ4v) is 10.3. The number of benzene rings is 2. The van der Waals surface area contributed by atoms with Gasteiger partial charge >= 0.3 is 6.09 Å². The molecule has 2 fully saturated rings. The molecule has 76 heavy (non-hydrogen) atoms. The minimum absolute atomic E-state index is 0.0424. The second-order valence-corrected chi connectivity index (χ2v) is 23.6. The van der Waals surface area contributed by atoms with Crippen LogP contribution >= 0.6 is 11.3 Å². The number of nitrogens with two attached hydrogens (primary N) is 1. The van der Waals surface area contributed by atoms with E-state index < -0.39 is 88.8 Å². The number of nitrogens with one attached hydrogen (secondary N) is 4. The van der Waals surface area contributed by atoms with Crippen molar-refractivity contribution in [1.29, 1.82) is 0 Å². The highest BCUT2D eigenvalue weighted by atomic mass is 32.1. The molecule has 7 atom stereocenters. The lowest BCUT2D eigenvalue weighted by atomic mass is 9.85. The van der Waals surface area contributed by atoms with E-state index >= 15 is 4.39 Å². The van der Waals surface area contributed by atoms with Gasteiger partial charge in [0.05, 0.1) is 34.3 Å². The summed E-state index contributed by atoms with van der Waals surface area (Å²) in [5.74, 6) is -3.28. The van der Waals surface area contributed by atoms with Crippen LogP contribution in [-0.2, 0) is 39.9 Å². The van der Waals surface area contributed by atoms with Crippen LogP contribution in [0.1, 0.15) is 149 Å². The van der Waals surface area contributed by atoms with Gasteiger partial charge < -0.3 is 51.4 Å². The third-order valence-corrected chi connectivity index (χ3v) is 14.5. The van der Waals surface area contributed by atoms with Gasteiger partial charge in [0, 0.05) is 32.4 Å². The lowest BCUT2D eigenvalue weighted by Gasteiger charge is -2.35. The zero-order chi connectivity index (χ0) is 56.1. The summed E-state index contributed by atoms with van der Waals surface area (Å²) >= 11 is 1.56. The maximum absolute atomic E-state index is 15.9. The number of β-amino-alcohol motifs (C(OH)–C–C–N with tert-alkyl or cyclic N) is 1. The first-order valence-corrected chi connectivity index (χ1v) is 27.5. The number of unbranched alkanes of at least 4 members (excludes halogenated alkanes) is 2. The highest BCUT2D eigenvalue weighted by molar-refractivity contribution is 7.13. The number of carbonyl (C=O) groups excluding carboxylic acids is 7. The van der Waals surface area contributed by atoms with Gasteiger partial charge in [-0.15, -0.1) is 11.3 Å². The molecule has 1 aromatic heterocycles. The zero-order valence-corrected chi connectivity index (χ0v) is 46.8. The summed E-state index contributed by atoms with van der Waals surface area (Å²) in [6, 6.07) is 7.79. The first-order valence-electron chi connectivity index (χ1n) is 26.6. The van der Waals surface area contributed by atoms with Gasteiger partial charge in [-0.25, -0.2) is 14.2 Å². The second kappa shape index (κ2) is 27.2. The Morgan fingerprint density at radius 2 is 1.57 bits per heavy atom. The molecule has 0 unspecified atom stereocenters. The van der Waals surface area contributed by atoms with Crippen LogP contribution in [0.15, 0.2) is 48.0 Å². The predicted octanol–water partition coefficient (Wildman–Crippen LogP) is 6.79. The van der Waals surface area contributed by atoms with Crippen LogP contribution < -0.4 is 31.7 Å². The van der Waals surface area contributed by atoms with E-state index in [1.165, 1.54) is 15.9 Å². The van der Waals surface area contributed by atoms with Crippen LogP contribution in [0.2, 0.25) is 0 Å². The van der Waals surface area contributed by atoms with Crippen molar-refractivity contribution >= 4 is 52.9 Å². The summed E-state index contributed by atoms with van der Waals surface area (Å²) < 4.78 is 27.3. The summed E-state index contributed by atoms with van der Waals surface area (Å²) in [6.07, 6.45) is 1.66. The number of rotatable bonds is 24. The maximum atomic E-state index is 15.9. The van der Waals surface area contributed by atoms with Gasteiger partial charge in [-0.05, 0) is 114 Å². The molecule has 20 heteroatoms. The second-order valence-electron chi connectivity index (χ2n) is 22.7. The monoisotopic (exact) mass is 1080 g/mol. The van der Waals surface area contributed by atoms with Crippen molar-refractivity contribution in [3.8, 4) is 16.2 Å². The molecule has 0 spiro atoms. The normalized spacial score (nSPS) is 18.4. The molecule has 0 bridgehead atoms. The van der Waals surface area contributed by atoms with E-state index in [1.807, 2.05) is 72.7 Å². The SMILES string of the molecule is Cc1ncsc1-c1ccc([C@H](C)NC(=O)[C@@H]2C[C@@H](O)CN2C(=O)[C@@H](NC(=O)CCCCCc2cccc(OC[C@H](CCC(N)=O)NC(=O)[C@@H]3CCCN3C(=O)[C@H](CC(C)C)NC(=O)OC(C)(C)C)c2F)C(C)(C)C)cc1. The van der Waals surface area contributed by atoms with Crippen LogP contribution in [0.3, 0.4) is 0 Å². The summed E-state index contributed by atoms with van der Waals surface area (Å²) in [7, 11) is 0. The number of primary amides is 1. The number of amides is 7. The van der Waals surface area contributed by atoms with E-state index in [1.54, 1.807) is 49.8 Å². The van der Waals surface area contributed by atoms with Gasteiger partial charge in [-0.2, -0.15) is 0 Å². The zero-order valence-electron chi connectivity index (χ0n) is 46.0. The number of nitrogens with zero attached hydrogens (tertiary/aromatic N) is 3. The van der Waals surface area contributed by atoms with Gasteiger partial charge in [-0.1, -0.05) is 77.4 Å². The average Bonchev–Trinajstić information content (AvgIpc) is 4.11. The fraction of sp³-hybridized carbons (Fsp3) is 0.607. The smallest absolute Gasteiger partial charge is 0.408 e. The van der Waals surface area contributed by atoms with Gasteiger partial charge in [0.25, 0.3) is 0 Å². The number of halogens is 1. The van der Waals surface area contributed by atoms with Gasteiger partial charge in [0.15, 0.2) is 11.6 Å². The number of ether oxygens (including phenoxy) is 2. The molecule has 0 saturated carbocycles. The predicted molar refractivity (Wildman–Crippen MR) is 288 cm³/mol. The highest BCUT2D eigenvalue weighted by Crippen LogP contribution is 2.31. The van der Waals surface area contributed by atoms with Crippen molar-refractivity contribution in [2.75, 3.05) is 19.7 Å². The molecule has 3 heterocycles. The van der Waals surface area contributed by atoms with Crippen molar-refractivity contribution < 1.29 is 52.5 Å². The molecule has 7 N–H and O–H groups in total. The van der Waals surface area contributed by atoms with E-state index in [-0.39, 0.29) is 62.5 Å². The molecular weight excluding hydrogens is 996 g/mol. The molecular formula is C56H81FN8O10S. The standard InChI is InChI=1S/C56H81FN8O10S/c1-33(2)28-41(62-54(73)75-56(8,9)10)52(71)64-27-15-18-42(64)50(69)61-39(25-26-45(58)67)31-74-44-19-14-17-37(47(44)57)16-12-11-13-20-46(68)63-49(55(5,6)7)53(72)65-30-40(66)29-43(65)51(70)60-34(3)36-21-23-38(24-22-36)48-35(4)59-32-76-48/h14,17,19,21-24,32-34,39-43,49,66H,11-13,15-16,18,20,25-31H2,1-10H3,(H2,58,67)(H,60,70)(H,61,69)(H,62,73)(H,63,68)/t34-,39-,40+,41-,42-,43-,49+/m0/s1. The van der Waals surface area contributed by atoms with Crippen LogP contribution in [-0.4, -0.2) is 123 Å². The van der Waals surface area contributed by atoms with Gasteiger partial charge in [-0.3, -0.25) is 28.8 Å². The first-order chi connectivity index (χ1) is 35.7. The van der Waals surface area contributed by atoms with Crippen molar-refractivity contribution in [1.82, 2.24) is 36.1 Å². The molecule has 2 aliphatic rings. The molecule has 0 aliphatic carbocycles. The summed E-state index contributed by atoms with van der Waals surface area (Å²) in [6.45, 7) is 18.4. The maximum Gasteiger partial charge on any atom is 0.408 e. The number of aryl methyl sites for hydroxylation is 2. The quantitative estimate of drug-likeness (QED) is 0.0510. The van der Waals surface area contributed by atoms with E-state index in [4.69, 9.17) is 15.2 Å². The Morgan fingerprint density at radius 3 is 2.20 bits per heavy atom. The Morgan fingerprint density at radius 1 is 0.868 bits per heavy atom. The Kier molecular flexibility index (Phi) is 21.8. The molecule has 7 amide bonds. The first kappa shape index (κ1) is 60.7. The Hall–Kier alpha value is -6.15. The molecule has 3 aromatic rings. The number of likely N-dealkylation sites (tertiary alicyclic amines) is 2. The molecule has 18 nitrogen and oxygen atoms in total. The molecule has 2 aromatic carbocycles. The van der Waals surface area contributed by atoms with Crippen molar-refractivity contribution in [3.05, 3.63) is 70.6 Å². The number of hydrogen-bond donors (Lipinski definition) is 6. The largest absolute Gasteiger partial charge is 0.488 e. The number of alkyl carbamates (subject to hydrolysis) is 1. The lowest BCUT2D eigenvalue weighted by Crippen LogP contribution is -2.57. The number of aromatic nitrogens is 1. The van der Waals surface area contributed by atoms with Crippen LogP contribution in [0.5, 0.6) is 5.75 Å². The fourth-order valence-electron chi connectivity index (χ4n) is 9.53. The third-order valence-electron chi connectivity index (χ3n) is 13.5. The van der Waals surface area contributed by atoms with Crippen LogP contribution in [0.4, 0.5) is 9.18 Å². The summed E-state index contributed by atoms with van der Waals surface area (Å²) in [5.41, 5.74) is 8.99. The number of aliphatic hydroxyl groups is 1. The van der Waals surface area contributed by atoms with Crippen LogP contribution in [0, 0.1) is 24.1 Å². The Balaban J connectivity index is 1.11. The van der Waals surface area contributed by atoms with Crippen molar-refractivity contribution in [3.63, 3.8) is 0 Å². The number of aliphatic hydroxyl groups excluding tert-OH is 1. The number of carbonyl (C=O) groups is 7. The molecule has 0 radical (unpaired) electrons. The minimum Gasteiger partial charge on any atom is -0.488 e. The topological polar surface area (TPSA) is 252 Å². The highest BCUT2D eigenvalue weighted by Gasteiger charge is 2.45. The van der Waals surface area contributed by atoms with Gasteiger partial charge in [0.1, 0.15) is 36.4 Å². The lowest BCUT2D eigenvalue weighted by molar-refractivity contribution is -0.144. The van der Waals surface area contributed by atoms with E-state index in [9.17, 15) is 38.7 Å². The Labute approximate surface area is 451 Å². The third kappa shape index (κ3) is 17.7.